The van der Waals surface area contributed by atoms with Gasteiger partial charge in [-0.25, -0.2) is 4.39 Å². The maximum atomic E-state index is 13.1. The fourth-order valence-corrected chi connectivity index (χ4v) is 2.36. The molecule has 0 aliphatic carbocycles. The molecule has 2 atom stereocenters. The van der Waals surface area contributed by atoms with E-state index < -0.39 is 5.82 Å². The Bertz CT molecular complexity index is 440. The molecule has 1 aliphatic rings. The fourth-order valence-electron chi connectivity index (χ4n) is 2.36. The van der Waals surface area contributed by atoms with Gasteiger partial charge in [-0.15, -0.1) is 0 Å². The molecule has 0 bridgehead atoms. The van der Waals surface area contributed by atoms with Crippen LogP contribution in [0.15, 0.2) is 24.3 Å². The summed E-state index contributed by atoms with van der Waals surface area (Å²) in [6.07, 6.45) is -0.0457. The molecule has 19 heavy (non-hydrogen) atoms. The minimum absolute atomic E-state index is 0.0229. The van der Waals surface area contributed by atoms with E-state index in [1.807, 2.05) is 4.90 Å². The van der Waals surface area contributed by atoms with Crippen LogP contribution in [0, 0.1) is 5.82 Å². The molecule has 0 aromatic heterocycles. The molecule has 1 aliphatic heterocycles. The van der Waals surface area contributed by atoms with Gasteiger partial charge in [-0.05, 0) is 12.1 Å². The first kappa shape index (κ1) is 14.1. The van der Waals surface area contributed by atoms with Crippen molar-refractivity contribution in [1.82, 2.24) is 4.90 Å². The van der Waals surface area contributed by atoms with Crippen LogP contribution in [-0.4, -0.2) is 56.7 Å². The van der Waals surface area contributed by atoms with Gasteiger partial charge in [-0.2, -0.15) is 0 Å². The molecular formula is C14H18FNO3. The molecule has 0 spiro atoms. The smallest absolute Gasteiger partial charge is 0.176 e. The third-order valence-electron chi connectivity index (χ3n) is 3.41. The number of hydrogen-bond acceptors (Lipinski definition) is 4. The summed E-state index contributed by atoms with van der Waals surface area (Å²) in [6.45, 7) is 1.55. The Morgan fingerprint density at radius 1 is 1.32 bits per heavy atom. The predicted molar refractivity (Wildman–Crippen MR) is 68.8 cm³/mol. The van der Waals surface area contributed by atoms with Crippen LogP contribution in [-0.2, 0) is 9.47 Å². The minimum Gasteiger partial charge on any atom is -0.377 e. The number of hydrogen-bond donors (Lipinski definition) is 0. The highest BCUT2D eigenvalue weighted by molar-refractivity contribution is 5.97. The molecule has 104 valence electrons. The lowest BCUT2D eigenvalue weighted by atomic mass is 10.1. The van der Waals surface area contributed by atoms with Crippen molar-refractivity contribution in [2.45, 2.75) is 12.2 Å². The molecule has 1 saturated heterocycles. The van der Waals surface area contributed by atoms with Crippen molar-refractivity contribution < 1.29 is 18.7 Å². The Hall–Kier alpha value is -1.30. The van der Waals surface area contributed by atoms with Crippen LogP contribution >= 0.6 is 0 Å². The SMILES string of the molecule is COC1CN(CC(=O)c2cccc(F)c2)CC1OC. The predicted octanol–water partition coefficient (Wildman–Crippen LogP) is 1.35. The van der Waals surface area contributed by atoms with Crippen LogP contribution in [0.5, 0.6) is 0 Å². The van der Waals surface area contributed by atoms with E-state index in [2.05, 4.69) is 0 Å². The van der Waals surface area contributed by atoms with E-state index in [-0.39, 0.29) is 24.5 Å². The van der Waals surface area contributed by atoms with Crippen LogP contribution < -0.4 is 0 Å². The molecule has 0 N–H and O–H groups in total. The second kappa shape index (κ2) is 6.23. The number of methoxy groups -OCH3 is 2. The first-order valence-electron chi connectivity index (χ1n) is 6.20. The summed E-state index contributed by atoms with van der Waals surface area (Å²) in [4.78, 5) is 14.0. The zero-order valence-corrected chi connectivity index (χ0v) is 11.1. The van der Waals surface area contributed by atoms with Gasteiger partial charge < -0.3 is 9.47 Å². The summed E-state index contributed by atoms with van der Waals surface area (Å²) in [5.74, 6) is -0.483. The molecule has 0 saturated carbocycles. The Balaban J connectivity index is 1.97. The van der Waals surface area contributed by atoms with E-state index >= 15 is 0 Å². The topological polar surface area (TPSA) is 38.8 Å². The Morgan fingerprint density at radius 3 is 2.47 bits per heavy atom. The lowest BCUT2D eigenvalue weighted by Gasteiger charge is -2.13. The van der Waals surface area contributed by atoms with E-state index in [9.17, 15) is 9.18 Å². The van der Waals surface area contributed by atoms with E-state index in [4.69, 9.17) is 9.47 Å². The molecule has 1 aromatic rings. The van der Waals surface area contributed by atoms with Gasteiger partial charge in [0.05, 0.1) is 18.8 Å². The Labute approximate surface area is 112 Å². The lowest BCUT2D eigenvalue weighted by Crippen LogP contribution is -2.29. The summed E-state index contributed by atoms with van der Waals surface area (Å²) in [7, 11) is 3.27. The standard InChI is InChI=1S/C14H18FNO3/c1-18-13-8-16(9-14(13)19-2)7-12(17)10-4-3-5-11(15)6-10/h3-6,13-14H,7-9H2,1-2H3. The summed E-state index contributed by atoms with van der Waals surface area (Å²) in [5.41, 5.74) is 0.398. The van der Waals surface area contributed by atoms with Crippen molar-refractivity contribution in [2.75, 3.05) is 33.9 Å². The fraction of sp³-hybridized carbons (Fsp3) is 0.500. The lowest BCUT2D eigenvalue weighted by molar-refractivity contribution is -0.00461. The average molecular weight is 267 g/mol. The molecule has 5 heteroatoms. The Kier molecular flexibility index (Phi) is 4.63. The van der Waals surface area contributed by atoms with Crippen molar-refractivity contribution in [3.63, 3.8) is 0 Å². The summed E-state index contributed by atoms with van der Waals surface area (Å²) in [5, 5.41) is 0. The third-order valence-corrected chi connectivity index (χ3v) is 3.41. The van der Waals surface area contributed by atoms with Crippen LogP contribution in [0.2, 0.25) is 0 Å². The second-order valence-corrected chi connectivity index (χ2v) is 4.68. The minimum atomic E-state index is -0.392. The highest BCUT2D eigenvalue weighted by Gasteiger charge is 2.33. The average Bonchev–Trinajstić information content (AvgIpc) is 2.80. The molecule has 1 aromatic carbocycles. The van der Waals surface area contributed by atoms with Gasteiger partial charge in [-0.3, -0.25) is 9.69 Å². The van der Waals surface area contributed by atoms with Crippen LogP contribution in [0.4, 0.5) is 4.39 Å². The third kappa shape index (κ3) is 3.37. The van der Waals surface area contributed by atoms with Crippen molar-refractivity contribution >= 4 is 5.78 Å². The number of ether oxygens (including phenoxy) is 2. The molecule has 2 rings (SSSR count). The summed E-state index contributed by atoms with van der Waals surface area (Å²) < 4.78 is 23.7. The number of likely N-dealkylation sites (tertiary alicyclic amines) is 1. The number of halogens is 1. The number of rotatable bonds is 5. The van der Waals surface area contributed by atoms with Crippen molar-refractivity contribution in [1.29, 1.82) is 0 Å². The second-order valence-electron chi connectivity index (χ2n) is 4.68. The first-order valence-corrected chi connectivity index (χ1v) is 6.20. The number of benzene rings is 1. The van der Waals surface area contributed by atoms with Gasteiger partial charge >= 0.3 is 0 Å². The highest BCUT2D eigenvalue weighted by Crippen LogP contribution is 2.16. The number of carbonyl (C=O) groups is 1. The van der Waals surface area contributed by atoms with Gasteiger partial charge in [0.2, 0.25) is 0 Å². The van der Waals surface area contributed by atoms with Crippen molar-refractivity contribution in [2.24, 2.45) is 0 Å². The Morgan fingerprint density at radius 2 is 1.95 bits per heavy atom. The maximum Gasteiger partial charge on any atom is 0.176 e. The monoisotopic (exact) mass is 267 g/mol. The number of nitrogens with zero attached hydrogens (tertiary/aromatic N) is 1. The van der Waals surface area contributed by atoms with Gasteiger partial charge in [0.15, 0.2) is 5.78 Å². The molecule has 0 radical (unpaired) electrons. The van der Waals surface area contributed by atoms with E-state index in [1.54, 1.807) is 26.4 Å². The molecule has 1 fully saturated rings. The highest BCUT2D eigenvalue weighted by atomic mass is 19.1. The molecule has 1 heterocycles. The van der Waals surface area contributed by atoms with E-state index in [0.29, 0.717) is 18.7 Å². The number of carbonyl (C=O) groups excluding carboxylic acids is 1. The van der Waals surface area contributed by atoms with Gasteiger partial charge in [0, 0.05) is 32.9 Å². The molecular weight excluding hydrogens is 249 g/mol. The summed E-state index contributed by atoms with van der Waals surface area (Å²) >= 11 is 0. The van der Waals surface area contributed by atoms with Crippen molar-refractivity contribution in [3.05, 3.63) is 35.6 Å². The van der Waals surface area contributed by atoms with Gasteiger partial charge in [0.25, 0.3) is 0 Å². The van der Waals surface area contributed by atoms with E-state index in [1.165, 1.54) is 12.1 Å². The largest absolute Gasteiger partial charge is 0.377 e. The molecule has 0 amide bonds. The quantitative estimate of drug-likeness (QED) is 0.755. The number of ketones is 1. The van der Waals surface area contributed by atoms with Gasteiger partial charge in [0.1, 0.15) is 5.82 Å². The van der Waals surface area contributed by atoms with Crippen molar-refractivity contribution in [3.8, 4) is 0 Å². The summed E-state index contributed by atoms with van der Waals surface area (Å²) in [6, 6.07) is 5.76. The van der Waals surface area contributed by atoms with Crippen LogP contribution in [0.25, 0.3) is 0 Å². The number of Topliss-reactive ketones (excluding diaryl/α,β-unsaturated/α-hetero) is 1. The first-order chi connectivity index (χ1) is 9.13. The van der Waals surface area contributed by atoms with Crippen LogP contribution in [0.1, 0.15) is 10.4 Å². The van der Waals surface area contributed by atoms with E-state index in [0.717, 1.165) is 0 Å². The van der Waals surface area contributed by atoms with Gasteiger partial charge in [-0.1, -0.05) is 12.1 Å². The molecule has 4 nitrogen and oxygen atoms in total. The maximum absolute atomic E-state index is 13.1. The molecule has 2 unspecified atom stereocenters. The zero-order valence-electron chi connectivity index (χ0n) is 11.1. The normalized spacial score (nSPS) is 23.7. The zero-order chi connectivity index (χ0) is 13.8. The van der Waals surface area contributed by atoms with Crippen LogP contribution in [0.3, 0.4) is 0 Å².